The molecule has 1 aromatic rings. The van der Waals surface area contributed by atoms with Gasteiger partial charge in [0, 0.05) is 19.2 Å². The minimum absolute atomic E-state index is 0.304. The van der Waals surface area contributed by atoms with Crippen LogP contribution in [-0.2, 0) is 11.2 Å². The minimum Gasteiger partial charge on any atom is -0.367 e. The zero-order valence-corrected chi connectivity index (χ0v) is 8.00. The summed E-state index contributed by atoms with van der Waals surface area (Å²) >= 11 is 0. The molecule has 0 fully saturated rings. The first-order valence-electron chi connectivity index (χ1n) is 4.49. The topological polar surface area (TPSA) is 20.3 Å². The second-order valence-electron chi connectivity index (χ2n) is 3.70. The van der Waals surface area contributed by atoms with Gasteiger partial charge in [0.25, 0.3) is 0 Å². The van der Waals surface area contributed by atoms with E-state index in [1.54, 1.807) is 0 Å². The van der Waals surface area contributed by atoms with Crippen LogP contribution in [-0.4, -0.2) is 19.4 Å². The van der Waals surface area contributed by atoms with Crippen molar-refractivity contribution < 1.29 is 4.79 Å². The molecule has 0 amide bonds. The van der Waals surface area contributed by atoms with E-state index >= 15 is 0 Å². The molecule has 0 spiro atoms. The molecule has 0 aliphatic carbocycles. The number of hydrogen-bond donors (Lipinski definition) is 0. The lowest BCUT2D eigenvalue weighted by Gasteiger charge is -2.26. The van der Waals surface area contributed by atoms with E-state index in [4.69, 9.17) is 0 Å². The number of carbonyl (C=O) groups excluding carboxylic acids is 1. The summed E-state index contributed by atoms with van der Waals surface area (Å²) in [5.74, 6) is 0.304. The van der Waals surface area contributed by atoms with E-state index < -0.39 is 0 Å². The molecule has 0 saturated heterocycles. The molecule has 1 aliphatic rings. The molecule has 0 atom stereocenters. The second kappa shape index (κ2) is 2.87. The van der Waals surface area contributed by atoms with Crippen LogP contribution >= 0.6 is 0 Å². The smallest absolute Gasteiger partial charge is 0.156 e. The normalized spacial score (nSPS) is 15.8. The molecule has 13 heavy (non-hydrogen) atoms. The number of carbonyl (C=O) groups is 1. The van der Waals surface area contributed by atoms with Crippen LogP contribution in [0.25, 0.3) is 0 Å². The Balaban J connectivity index is 2.49. The third-order valence-electron chi connectivity index (χ3n) is 2.45. The molecule has 0 radical (unpaired) electrons. The number of ketones is 1. The lowest BCUT2D eigenvalue weighted by atomic mass is 10.00. The van der Waals surface area contributed by atoms with Crippen LogP contribution in [0.3, 0.4) is 0 Å². The highest BCUT2D eigenvalue weighted by Crippen LogP contribution is 2.25. The first kappa shape index (κ1) is 8.30. The zero-order chi connectivity index (χ0) is 9.42. The highest BCUT2D eigenvalue weighted by atomic mass is 16.1. The molecule has 0 aromatic heterocycles. The van der Waals surface area contributed by atoms with Crippen LogP contribution in [0.15, 0.2) is 18.2 Å². The van der Waals surface area contributed by atoms with E-state index in [0.717, 1.165) is 5.56 Å². The van der Waals surface area contributed by atoms with E-state index in [1.165, 1.54) is 11.3 Å². The van der Waals surface area contributed by atoms with Gasteiger partial charge in [0.05, 0.1) is 6.54 Å². The zero-order valence-electron chi connectivity index (χ0n) is 8.00. The van der Waals surface area contributed by atoms with Crippen molar-refractivity contribution in [2.45, 2.75) is 13.3 Å². The van der Waals surface area contributed by atoms with E-state index in [1.807, 2.05) is 11.9 Å². The minimum atomic E-state index is 0.304. The summed E-state index contributed by atoms with van der Waals surface area (Å²) in [6.07, 6.45) is 0.597. The third-order valence-corrected chi connectivity index (χ3v) is 2.45. The summed E-state index contributed by atoms with van der Waals surface area (Å²) in [5, 5.41) is 0. The van der Waals surface area contributed by atoms with Gasteiger partial charge < -0.3 is 4.90 Å². The van der Waals surface area contributed by atoms with Gasteiger partial charge in [0.1, 0.15) is 0 Å². The molecule has 2 heteroatoms. The highest BCUT2D eigenvalue weighted by molar-refractivity contribution is 5.90. The Hall–Kier alpha value is -1.31. The number of likely N-dealkylation sites (N-methyl/N-ethyl adjacent to an activating group) is 1. The van der Waals surface area contributed by atoms with Gasteiger partial charge in [-0.15, -0.1) is 0 Å². The third kappa shape index (κ3) is 1.44. The van der Waals surface area contributed by atoms with Crippen molar-refractivity contribution in [3.05, 3.63) is 29.3 Å². The summed E-state index contributed by atoms with van der Waals surface area (Å²) in [6, 6.07) is 6.26. The van der Waals surface area contributed by atoms with Crippen molar-refractivity contribution >= 4 is 11.5 Å². The van der Waals surface area contributed by atoms with E-state index in [0.29, 0.717) is 18.7 Å². The number of fused-ring (bicyclic) bond motifs is 1. The predicted octanol–water partition coefficient (Wildman–Crippen LogP) is 1.56. The van der Waals surface area contributed by atoms with Gasteiger partial charge in [-0.05, 0) is 24.1 Å². The van der Waals surface area contributed by atoms with E-state index in [2.05, 4.69) is 25.1 Å². The largest absolute Gasteiger partial charge is 0.367 e. The maximum atomic E-state index is 11.3. The number of rotatable bonds is 0. The standard InChI is InChI=1S/C11H13NO/c1-8-3-4-9-6-10(13)7-12(2)11(9)5-8/h3-5H,6-7H2,1-2H3. The first-order valence-corrected chi connectivity index (χ1v) is 4.49. The van der Waals surface area contributed by atoms with Crippen molar-refractivity contribution in [3.63, 3.8) is 0 Å². The van der Waals surface area contributed by atoms with E-state index in [9.17, 15) is 4.79 Å². The fourth-order valence-electron chi connectivity index (χ4n) is 1.80. The van der Waals surface area contributed by atoms with Crippen molar-refractivity contribution in [1.82, 2.24) is 0 Å². The average Bonchev–Trinajstić information content (AvgIpc) is 2.06. The van der Waals surface area contributed by atoms with E-state index in [-0.39, 0.29) is 0 Å². The Morgan fingerprint density at radius 3 is 2.92 bits per heavy atom. The molecule has 0 bridgehead atoms. The number of nitrogens with zero attached hydrogens (tertiary/aromatic N) is 1. The lowest BCUT2D eigenvalue weighted by Crippen LogP contribution is -2.32. The Bertz CT molecular complexity index is 357. The predicted molar refractivity (Wildman–Crippen MR) is 53.2 cm³/mol. The molecule has 68 valence electrons. The highest BCUT2D eigenvalue weighted by Gasteiger charge is 2.18. The van der Waals surface area contributed by atoms with Crippen molar-refractivity contribution in [2.24, 2.45) is 0 Å². The summed E-state index contributed by atoms with van der Waals surface area (Å²) < 4.78 is 0. The lowest BCUT2D eigenvalue weighted by molar-refractivity contribution is -0.117. The Kier molecular flexibility index (Phi) is 1.83. The second-order valence-corrected chi connectivity index (χ2v) is 3.70. The summed E-state index contributed by atoms with van der Waals surface area (Å²) in [5.41, 5.74) is 3.61. The van der Waals surface area contributed by atoms with Gasteiger partial charge in [0.2, 0.25) is 0 Å². The monoisotopic (exact) mass is 175 g/mol. The Labute approximate surface area is 78.2 Å². The van der Waals surface area contributed by atoms with Gasteiger partial charge >= 0.3 is 0 Å². The fraction of sp³-hybridized carbons (Fsp3) is 0.364. The first-order chi connectivity index (χ1) is 6.16. The summed E-state index contributed by atoms with van der Waals surface area (Å²) in [6.45, 7) is 2.63. The number of hydrogen-bond acceptors (Lipinski definition) is 2. The van der Waals surface area contributed by atoms with Crippen LogP contribution < -0.4 is 4.90 Å². The molecule has 0 saturated carbocycles. The van der Waals surface area contributed by atoms with Crippen LogP contribution in [0.4, 0.5) is 5.69 Å². The molecule has 1 aromatic carbocycles. The van der Waals surface area contributed by atoms with Crippen LogP contribution in [0, 0.1) is 6.92 Å². The molecule has 2 rings (SSSR count). The van der Waals surface area contributed by atoms with Gasteiger partial charge in [-0.25, -0.2) is 0 Å². The Morgan fingerprint density at radius 1 is 1.38 bits per heavy atom. The SMILES string of the molecule is Cc1ccc2c(c1)N(C)CC(=O)C2. The maximum Gasteiger partial charge on any atom is 0.156 e. The summed E-state index contributed by atoms with van der Waals surface area (Å²) in [7, 11) is 1.97. The molecule has 1 heterocycles. The van der Waals surface area contributed by atoms with Gasteiger partial charge in [-0.1, -0.05) is 12.1 Å². The number of Topliss-reactive ketones (excluding diaryl/α,β-unsaturated/α-hetero) is 1. The van der Waals surface area contributed by atoms with Crippen LogP contribution in [0.5, 0.6) is 0 Å². The maximum absolute atomic E-state index is 11.3. The fourth-order valence-corrected chi connectivity index (χ4v) is 1.80. The number of anilines is 1. The molecular formula is C11H13NO. The number of benzene rings is 1. The number of aryl methyl sites for hydroxylation is 1. The molecule has 0 N–H and O–H groups in total. The van der Waals surface area contributed by atoms with Crippen LogP contribution in [0.2, 0.25) is 0 Å². The van der Waals surface area contributed by atoms with Gasteiger partial charge in [-0.3, -0.25) is 4.79 Å². The van der Waals surface area contributed by atoms with Crippen molar-refractivity contribution in [3.8, 4) is 0 Å². The summed E-state index contributed by atoms with van der Waals surface area (Å²) in [4.78, 5) is 13.3. The average molecular weight is 175 g/mol. The molecule has 1 aliphatic heterocycles. The van der Waals surface area contributed by atoms with Gasteiger partial charge in [0.15, 0.2) is 5.78 Å². The quantitative estimate of drug-likeness (QED) is 0.596. The molecule has 0 unspecified atom stereocenters. The van der Waals surface area contributed by atoms with Crippen molar-refractivity contribution in [1.29, 1.82) is 0 Å². The van der Waals surface area contributed by atoms with Crippen LogP contribution in [0.1, 0.15) is 11.1 Å². The molecular weight excluding hydrogens is 162 g/mol. The van der Waals surface area contributed by atoms with Gasteiger partial charge in [-0.2, -0.15) is 0 Å². The van der Waals surface area contributed by atoms with Crippen molar-refractivity contribution in [2.75, 3.05) is 18.5 Å². The molecule has 2 nitrogen and oxygen atoms in total. The Morgan fingerprint density at radius 2 is 2.15 bits per heavy atom.